The largest absolute Gasteiger partial charge is 0.497 e. The van der Waals surface area contributed by atoms with E-state index in [1.807, 2.05) is 32.2 Å². The van der Waals surface area contributed by atoms with E-state index >= 15 is 0 Å². The molecule has 1 aliphatic rings. The number of aromatic nitrogens is 2. The van der Waals surface area contributed by atoms with E-state index in [4.69, 9.17) is 16.3 Å². The highest BCUT2D eigenvalue weighted by Crippen LogP contribution is 2.47. The molecule has 0 fully saturated rings. The third-order valence-electron chi connectivity index (χ3n) is 5.37. The molecule has 0 radical (unpaired) electrons. The minimum absolute atomic E-state index is 0.146. The third kappa shape index (κ3) is 4.01. The van der Waals surface area contributed by atoms with Crippen molar-refractivity contribution in [2.75, 3.05) is 18.6 Å². The Morgan fingerprint density at radius 3 is 2.70 bits per heavy atom. The Morgan fingerprint density at radius 1 is 1.23 bits per heavy atom. The second-order valence-corrected chi connectivity index (χ2v) is 8.90. The summed E-state index contributed by atoms with van der Waals surface area (Å²) in [6.45, 7) is 3.23. The lowest BCUT2D eigenvalue weighted by atomic mass is 10.1. The van der Waals surface area contributed by atoms with Gasteiger partial charge in [-0.1, -0.05) is 17.7 Å². The highest BCUT2D eigenvalue weighted by atomic mass is 35.5. The first kappa shape index (κ1) is 21.0. The molecule has 4 nitrogen and oxygen atoms in total. The van der Waals surface area contributed by atoms with Crippen LogP contribution in [-0.2, 0) is 13.6 Å². The molecule has 0 saturated carbocycles. The lowest BCUT2D eigenvalue weighted by molar-refractivity contribution is 0.413. The Kier molecular flexibility index (Phi) is 5.93. The van der Waals surface area contributed by atoms with Crippen LogP contribution < -0.4 is 9.64 Å². The van der Waals surface area contributed by atoms with E-state index in [1.54, 1.807) is 29.6 Å². The third-order valence-corrected chi connectivity index (χ3v) is 7.19. The quantitative estimate of drug-likeness (QED) is 0.495. The van der Waals surface area contributed by atoms with Crippen LogP contribution >= 0.6 is 23.4 Å². The SMILES string of the molecule is COc1ccc2c(c1)S[C@@H](c1ccc(F)cc1F)CCN2Cc1c(C)nn(C)c1Cl. The number of methoxy groups -OCH3 is 1. The summed E-state index contributed by atoms with van der Waals surface area (Å²) in [5.74, 6) is -0.353. The minimum atomic E-state index is -0.569. The fourth-order valence-electron chi connectivity index (χ4n) is 3.77. The number of aryl methyl sites for hydroxylation is 2. The van der Waals surface area contributed by atoms with Crippen molar-refractivity contribution in [3.63, 3.8) is 0 Å². The standard InChI is InChI=1S/C22H22ClF2N3OS/c1-13-17(22(23)27(2)26-13)12-28-9-8-20(16-6-4-14(24)10-18(16)25)30-21-11-15(29-3)5-7-19(21)28/h4-7,10-11,20H,8-9,12H2,1-3H3/t20-/m1/s1. The molecule has 0 saturated heterocycles. The first-order valence-corrected chi connectivity index (χ1v) is 10.9. The molecule has 1 aromatic heterocycles. The predicted octanol–water partition coefficient (Wildman–Crippen LogP) is 5.91. The molecule has 0 amide bonds. The first-order chi connectivity index (χ1) is 14.4. The van der Waals surface area contributed by atoms with Crippen molar-refractivity contribution in [3.8, 4) is 5.75 Å². The topological polar surface area (TPSA) is 30.3 Å². The average molecular weight is 450 g/mol. The summed E-state index contributed by atoms with van der Waals surface area (Å²) in [5, 5.41) is 4.88. The molecule has 0 bridgehead atoms. The van der Waals surface area contributed by atoms with Gasteiger partial charge in [-0.05, 0) is 37.6 Å². The van der Waals surface area contributed by atoms with E-state index in [-0.39, 0.29) is 5.25 Å². The van der Waals surface area contributed by atoms with Crippen LogP contribution in [0.2, 0.25) is 5.15 Å². The van der Waals surface area contributed by atoms with Gasteiger partial charge in [0.2, 0.25) is 0 Å². The van der Waals surface area contributed by atoms with Crippen LogP contribution in [0.3, 0.4) is 0 Å². The molecule has 8 heteroatoms. The molecule has 2 heterocycles. The number of benzene rings is 2. The van der Waals surface area contributed by atoms with Gasteiger partial charge < -0.3 is 9.64 Å². The average Bonchev–Trinajstić information content (AvgIpc) is 2.87. The van der Waals surface area contributed by atoms with Crippen LogP contribution in [0.25, 0.3) is 0 Å². The molecule has 2 aromatic carbocycles. The van der Waals surface area contributed by atoms with E-state index < -0.39 is 11.6 Å². The zero-order chi connectivity index (χ0) is 21.4. The summed E-state index contributed by atoms with van der Waals surface area (Å²) in [5.41, 5.74) is 3.39. The van der Waals surface area contributed by atoms with Crippen LogP contribution in [0.5, 0.6) is 5.75 Å². The minimum Gasteiger partial charge on any atom is -0.497 e. The van der Waals surface area contributed by atoms with Gasteiger partial charge in [0, 0.05) is 47.5 Å². The summed E-state index contributed by atoms with van der Waals surface area (Å²) in [4.78, 5) is 3.22. The molecule has 3 aromatic rings. The Bertz CT molecular complexity index is 1090. The summed E-state index contributed by atoms with van der Waals surface area (Å²) in [7, 11) is 3.44. The molecule has 1 atom stereocenters. The smallest absolute Gasteiger partial charge is 0.131 e. The predicted molar refractivity (Wildman–Crippen MR) is 117 cm³/mol. The van der Waals surface area contributed by atoms with Crippen LogP contribution in [-0.4, -0.2) is 23.4 Å². The highest BCUT2D eigenvalue weighted by molar-refractivity contribution is 7.99. The van der Waals surface area contributed by atoms with Crippen molar-refractivity contribution in [2.24, 2.45) is 7.05 Å². The second kappa shape index (κ2) is 8.47. The van der Waals surface area contributed by atoms with Gasteiger partial charge in [-0.3, -0.25) is 4.68 Å². The summed E-state index contributed by atoms with van der Waals surface area (Å²) in [6, 6.07) is 9.70. The van der Waals surface area contributed by atoms with E-state index in [0.29, 0.717) is 30.2 Å². The zero-order valence-electron chi connectivity index (χ0n) is 17.0. The van der Waals surface area contributed by atoms with Gasteiger partial charge in [-0.25, -0.2) is 8.78 Å². The van der Waals surface area contributed by atoms with E-state index in [0.717, 1.165) is 33.7 Å². The van der Waals surface area contributed by atoms with Gasteiger partial charge in [0.25, 0.3) is 0 Å². The molecular weight excluding hydrogens is 428 g/mol. The lowest BCUT2D eigenvalue weighted by Crippen LogP contribution is -2.24. The fraction of sp³-hybridized carbons (Fsp3) is 0.318. The number of rotatable bonds is 4. The van der Waals surface area contributed by atoms with Crippen LogP contribution in [0.1, 0.15) is 28.5 Å². The van der Waals surface area contributed by atoms with Crippen molar-refractivity contribution in [2.45, 2.75) is 30.0 Å². The highest BCUT2D eigenvalue weighted by Gasteiger charge is 2.27. The Labute approximate surface area is 183 Å². The number of nitrogens with zero attached hydrogens (tertiary/aromatic N) is 3. The van der Waals surface area contributed by atoms with Gasteiger partial charge in [0.15, 0.2) is 0 Å². The number of anilines is 1. The molecule has 30 heavy (non-hydrogen) atoms. The number of fused-ring (bicyclic) bond motifs is 1. The van der Waals surface area contributed by atoms with Gasteiger partial charge in [0.1, 0.15) is 22.5 Å². The zero-order valence-corrected chi connectivity index (χ0v) is 18.5. The van der Waals surface area contributed by atoms with Gasteiger partial charge >= 0.3 is 0 Å². The van der Waals surface area contributed by atoms with Crippen molar-refractivity contribution in [1.82, 2.24) is 9.78 Å². The molecular formula is C22H22ClF2N3OS. The first-order valence-electron chi connectivity index (χ1n) is 9.60. The number of hydrogen-bond acceptors (Lipinski definition) is 4. The van der Waals surface area contributed by atoms with Crippen LogP contribution in [0.4, 0.5) is 14.5 Å². The van der Waals surface area contributed by atoms with E-state index in [2.05, 4.69) is 10.00 Å². The number of ether oxygens (including phenoxy) is 1. The van der Waals surface area contributed by atoms with Crippen molar-refractivity contribution >= 4 is 29.1 Å². The molecule has 4 rings (SSSR count). The number of thioether (sulfide) groups is 1. The van der Waals surface area contributed by atoms with Gasteiger partial charge in [0.05, 0.1) is 18.5 Å². The summed E-state index contributed by atoms with van der Waals surface area (Å²) < 4.78 is 35.0. The normalized spacial score (nSPS) is 16.3. The fourth-order valence-corrected chi connectivity index (χ4v) is 5.36. The molecule has 158 valence electrons. The maximum absolute atomic E-state index is 14.5. The van der Waals surface area contributed by atoms with Gasteiger partial charge in [-0.15, -0.1) is 11.8 Å². The molecule has 0 spiro atoms. The molecule has 0 N–H and O–H groups in total. The van der Waals surface area contributed by atoms with Crippen molar-refractivity contribution in [1.29, 1.82) is 0 Å². The molecule has 0 unspecified atom stereocenters. The maximum Gasteiger partial charge on any atom is 0.131 e. The lowest BCUT2D eigenvalue weighted by Gasteiger charge is -2.25. The number of hydrogen-bond donors (Lipinski definition) is 0. The molecule has 0 aliphatic carbocycles. The molecule has 1 aliphatic heterocycles. The van der Waals surface area contributed by atoms with Gasteiger partial charge in [-0.2, -0.15) is 5.10 Å². The van der Waals surface area contributed by atoms with Crippen molar-refractivity contribution < 1.29 is 13.5 Å². The van der Waals surface area contributed by atoms with Crippen LogP contribution in [0.15, 0.2) is 41.3 Å². The van der Waals surface area contributed by atoms with E-state index in [1.165, 1.54) is 6.07 Å². The monoisotopic (exact) mass is 449 g/mol. The maximum atomic E-state index is 14.5. The van der Waals surface area contributed by atoms with E-state index in [9.17, 15) is 8.78 Å². The second-order valence-electron chi connectivity index (χ2n) is 7.29. The summed E-state index contributed by atoms with van der Waals surface area (Å²) in [6.07, 6.45) is 0.696. The van der Waals surface area contributed by atoms with Crippen LogP contribution in [0, 0.1) is 18.6 Å². The summed E-state index contributed by atoms with van der Waals surface area (Å²) >= 11 is 8.04. The Hall–Kier alpha value is -2.25. The van der Waals surface area contributed by atoms with Crippen molar-refractivity contribution in [3.05, 3.63) is 70.0 Å². The Balaban J connectivity index is 1.72. The Morgan fingerprint density at radius 2 is 2.03 bits per heavy atom. The number of halogens is 3.